The van der Waals surface area contributed by atoms with Gasteiger partial charge in [-0.3, -0.25) is 4.79 Å². The van der Waals surface area contributed by atoms with Crippen molar-refractivity contribution in [3.05, 3.63) is 30.1 Å². The van der Waals surface area contributed by atoms with Gasteiger partial charge in [0.1, 0.15) is 5.69 Å². The zero-order valence-electron chi connectivity index (χ0n) is 8.10. The molecular formula is C10H13N3O. The lowest BCUT2D eigenvalue weighted by Gasteiger charge is -2.15. The molecular weight excluding hydrogens is 178 g/mol. The highest BCUT2D eigenvalue weighted by Crippen LogP contribution is 2.13. The summed E-state index contributed by atoms with van der Waals surface area (Å²) in [6, 6.07) is 1.71. The van der Waals surface area contributed by atoms with Gasteiger partial charge in [0.05, 0.1) is 5.69 Å². The molecule has 0 atom stereocenters. The van der Waals surface area contributed by atoms with Gasteiger partial charge in [-0.05, 0) is 6.07 Å². The fourth-order valence-electron chi connectivity index (χ4n) is 1.61. The van der Waals surface area contributed by atoms with E-state index in [1.165, 1.54) is 0 Å². The molecule has 14 heavy (non-hydrogen) atoms. The highest BCUT2D eigenvalue weighted by molar-refractivity contribution is 5.94. The Morgan fingerprint density at radius 1 is 1.43 bits per heavy atom. The van der Waals surface area contributed by atoms with Gasteiger partial charge < -0.3 is 15.2 Å². The van der Waals surface area contributed by atoms with Crippen LogP contribution < -0.4 is 5.73 Å². The summed E-state index contributed by atoms with van der Waals surface area (Å²) in [5.41, 5.74) is 6.88. The van der Waals surface area contributed by atoms with Crippen molar-refractivity contribution in [1.82, 2.24) is 9.47 Å². The summed E-state index contributed by atoms with van der Waals surface area (Å²) >= 11 is 0. The van der Waals surface area contributed by atoms with Crippen molar-refractivity contribution in [2.75, 3.05) is 18.8 Å². The molecule has 0 saturated heterocycles. The van der Waals surface area contributed by atoms with Crippen LogP contribution in [0.4, 0.5) is 5.69 Å². The van der Waals surface area contributed by atoms with E-state index in [0.29, 0.717) is 24.5 Å². The molecule has 0 radical (unpaired) electrons. The number of nitrogens with two attached hydrogens (primary N) is 1. The van der Waals surface area contributed by atoms with E-state index < -0.39 is 0 Å². The summed E-state index contributed by atoms with van der Waals surface area (Å²) < 4.78 is 1.76. The van der Waals surface area contributed by atoms with Gasteiger partial charge in [-0.25, -0.2) is 0 Å². The first kappa shape index (κ1) is 8.87. The number of anilines is 1. The van der Waals surface area contributed by atoms with Crippen molar-refractivity contribution < 1.29 is 4.79 Å². The maximum atomic E-state index is 11.9. The average Bonchev–Trinajstić information content (AvgIpc) is 2.73. The fourth-order valence-corrected chi connectivity index (χ4v) is 1.61. The van der Waals surface area contributed by atoms with Crippen molar-refractivity contribution in [2.45, 2.75) is 0 Å². The van der Waals surface area contributed by atoms with E-state index in [1.807, 2.05) is 19.2 Å². The van der Waals surface area contributed by atoms with Crippen LogP contribution in [-0.4, -0.2) is 28.5 Å². The van der Waals surface area contributed by atoms with Gasteiger partial charge in [-0.2, -0.15) is 0 Å². The number of amides is 1. The van der Waals surface area contributed by atoms with E-state index >= 15 is 0 Å². The largest absolute Gasteiger partial charge is 0.397 e. The Labute approximate surface area is 82.6 Å². The predicted molar refractivity (Wildman–Crippen MR) is 54.9 cm³/mol. The van der Waals surface area contributed by atoms with Crippen LogP contribution in [0.3, 0.4) is 0 Å². The van der Waals surface area contributed by atoms with Gasteiger partial charge in [0.15, 0.2) is 0 Å². The monoisotopic (exact) mass is 191 g/mol. The molecule has 0 bridgehead atoms. The Morgan fingerprint density at radius 2 is 2.07 bits per heavy atom. The average molecular weight is 191 g/mol. The number of aromatic nitrogens is 1. The van der Waals surface area contributed by atoms with Gasteiger partial charge >= 0.3 is 0 Å². The Hall–Kier alpha value is -1.71. The molecule has 1 aromatic rings. The van der Waals surface area contributed by atoms with E-state index in [4.69, 9.17) is 5.73 Å². The highest BCUT2D eigenvalue weighted by Gasteiger charge is 2.18. The molecule has 0 fully saturated rings. The van der Waals surface area contributed by atoms with E-state index in [9.17, 15) is 4.79 Å². The zero-order valence-corrected chi connectivity index (χ0v) is 8.10. The van der Waals surface area contributed by atoms with E-state index in [1.54, 1.807) is 21.7 Å². The molecule has 1 amide bonds. The normalized spacial score (nSPS) is 15.1. The molecule has 4 heteroatoms. The lowest BCUT2D eigenvalue weighted by Crippen LogP contribution is -2.29. The van der Waals surface area contributed by atoms with Gasteiger partial charge in [0.2, 0.25) is 0 Å². The summed E-state index contributed by atoms with van der Waals surface area (Å²) in [4.78, 5) is 13.7. The minimum Gasteiger partial charge on any atom is -0.397 e. The van der Waals surface area contributed by atoms with Gasteiger partial charge in [0, 0.05) is 26.3 Å². The maximum absolute atomic E-state index is 11.9. The van der Waals surface area contributed by atoms with Crippen molar-refractivity contribution in [3.8, 4) is 0 Å². The van der Waals surface area contributed by atoms with Crippen molar-refractivity contribution in [3.63, 3.8) is 0 Å². The van der Waals surface area contributed by atoms with Crippen LogP contribution in [0.25, 0.3) is 0 Å². The topological polar surface area (TPSA) is 51.3 Å². The lowest BCUT2D eigenvalue weighted by atomic mass is 10.3. The summed E-state index contributed by atoms with van der Waals surface area (Å²) in [5, 5.41) is 0. The van der Waals surface area contributed by atoms with Crippen LogP contribution >= 0.6 is 0 Å². The maximum Gasteiger partial charge on any atom is 0.271 e. The van der Waals surface area contributed by atoms with Gasteiger partial charge in [-0.1, -0.05) is 12.2 Å². The SMILES string of the molecule is Cn1cc(N)cc1C(=O)N1CC=CC1. The second-order valence-corrected chi connectivity index (χ2v) is 3.45. The van der Waals surface area contributed by atoms with E-state index in [0.717, 1.165) is 0 Å². The molecule has 1 aromatic heterocycles. The van der Waals surface area contributed by atoms with Crippen LogP contribution in [0.2, 0.25) is 0 Å². The molecule has 0 aliphatic carbocycles. The summed E-state index contributed by atoms with van der Waals surface area (Å²) in [6.45, 7) is 1.40. The van der Waals surface area contributed by atoms with Crippen LogP contribution in [0.1, 0.15) is 10.5 Å². The number of carbonyl (C=O) groups is 1. The Bertz CT molecular complexity index is 384. The molecule has 2 rings (SSSR count). The molecule has 2 heterocycles. The molecule has 4 nitrogen and oxygen atoms in total. The smallest absolute Gasteiger partial charge is 0.271 e. The first-order valence-corrected chi connectivity index (χ1v) is 4.54. The summed E-state index contributed by atoms with van der Waals surface area (Å²) in [7, 11) is 1.83. The second-order valence-electron chi connectivity index (χ2n) is 3.45. The van der Waals surface area contributed by atoms with Crippen molar-refractivity contribution >= 4 is 11.6 Å². The Morgan fingerprint density at radius 3 is 2.57 bits per heavy atom. The summed E-state index contributed by atoms with van der Waals surface area (Å²) in [5.74, 6) is 0.0363. The minimum atomic E-state index is 0.0363. The molecule has 0 unspecified atom stereocenters. The second kappa shape index (κ2) is 3.21. The number of nitrogens with zero attached hydrogens (tertiary/aromatic N) is 2. The van der Waals surface area contributed by atoms with E-state index in [-0.39, 0.29) is 5.91 Å². The highest BCUT2D eigenvalue weighted by atomic mass is 16.2. The number of hydrogen-bond donors (Lipinski definition) is 1. The third-order valence-electron chi connectivity index (χ3n) is 2.35. The number of nitrogen functional groups attached to an aromatic ring is 1. The first-order valence-electron chi connectivity index (χ1n) is 4.54. The van der Waals surface area contributed by atoms with Crippen LogP contribution in [0.15, 0.2) is 24.4 Å². The molecule has 2 N–H and O–H groups in total. The third kappa shape index (κ3) is 1.39. The van der Waals surface area contributed by atoms with Crippen LogP contribution in [-0.2, 0) is 7.05 Å². The number of aryl methyl sites for hydroxylation is 1. The fraction of sp³-hybridized carbons (Fsp3) is 0.300. The Balaban J connectivity index is 2.22. The van der Waals surface area contributed by atoms with Crippen molar-refractivity contribution in [1.29, 1.82) is 0 Å². The molecule has 0 spiro atoms. The number of hydrogen-bond acceptors (Lipinski definition) is 2. The van der Waals surface area contributed by atoms with Crippen LogP contribution in [0.5, 0.6) is 0 Å². The Kier molecular flexibility index (Phi) is 2.04. The van der Waals surface area contributed by atoms with Crippen molar-refractivity contribution in [2.24, 2.45) is 7.05 Å². The molecule has 0 aromatic carbocycles. The van der Waals surface area contributed by atoms with Gasteiger partial charge in [-0.15, -0.1) is 0 Å². The molecule has 74 valence electrons. The molecule has 1 aliphatic heterocycles. The first-order chi connectivity index (χ1) is 6.68. The van der Waals surface area contributed by atoms with Gasteiger partial charge in [0.25, 0.3) is 5.91 Å². The van der Waals surface area contributed by atoms with Crippen LogP contribution in [0, 0.1) is 0 Å². The molecule has 0 saturated carbocycles. The number of rotatable bonds is 1. The zero-order chi connectivity index (χ0) is 10.1. The minimum absolute atomic E-state index is 0.0363. The molecule has 1 aliphatic rings. The standard InChI is InChI=1S/C10H13N3O/c1-12-7-8(11)6-9(12)10(14)13-4-2-3-5-13/h2-3,6-7H,4-5,11H2,1H3. The quantitative estimate of drug-likeness (QED) is 0.661. The third-order valence-corrected chi connectivity index (χ3v) is 2.35. The predicted octanol–water partition coefficient (Wildman–Crippen LogP) is 0.619. The summed E-state index contributed by atoms with van der Waals surface area (Å²) in [6.07, 6.45) is 5.73. The van der Waals surface area contributed by atoms with E-state index in [2.05, 4.69) is 0 Å². The number of carbonyl (C=O) groups excluding carboxylic acids is 1. The lowest BCUT2D eigenvalue weighted by molar-refractivity contribution is 0.0790.